The highest BCUT2D eigenvalue weighted by molar-refractivity contribution is 5.87. The van der Waals surface area contributed by atoms with Gasteiger partial charge < -0.3 is 10.1 Å². The number of hydrogen-bond donors (Lipinski definition) is 2. The van der Waals surface area contributed by atoms with E-state index in [-0.39, 0.29) is 24.7 Å². The number of nitrogens with zero attached hydrogens (tertiary/aromatic N) is 2. The quantitative estimate of drug-likeness (QED) is 0.328. The molecule has 1 amide bonds. The summed E-state index contributed by atoms with van der Waals surface area (Å²) in [4.78, 5) is 22.1. The summed E-state index contributed by atoms with van der Waals surface area (Å²) in [5.74, 6) is 2.26. The van der Waals surface area contributed by atoms with Crippen molar-refractivity contribution in [3.8, 4) is 18.1 Å². The number of anilines is 1. The van der Waals surface area contributed by atoms with E-state index in [1.54, 1.807) is 0 Å². The van der Waals surface area contributed by atoms with Gasteiger partial charge in [0.1, 0.15) is 12.4 Å². The van der Waals surface area contributed by atoms with E-state index in [0.717, 1.165) is 5.69 Å². The van der Waals surface area contributed by atoms with Gasteiger partial charge in [0, 0.05) is 23.4 Å². The minimum Gasteiger partial charge on any atom is -0.480 e. The lowest BCUT2D eigenvalue weighted by Crippen LogP contribution is -2.25. The van der Waals surface area contributed by atoms with Gasteiger partial charge in [0.2, 0.25) is 0 Å². The van der Waals surface area contributed by atoms with Crippen LogP contribution in [0.25, 0.3) is 0 Å². The van der Waals surface area contributed by atoms with Gasteiger partial charge in [-0.2, -0.15) is 5.10 Å². The molecule has 0 aliphatic carbocycles. The van der Waals surface area contributed by atoms with E-state index in [1.165, 1.54) is 24.4 Å². The maximum Gasteiger partial charge on any atom is 0.270 e. The van der Waals surface area contributed by atoms with Gasteiger partial charge in [-0.25, -0.2) is 5.43 Å². The Balaban J connectivity index is 1.99. The average molecular weight is 352 g/mol. The van der Waals surface area contributed by atoms with Crippen molar-refractivity contribution in [2.75, 3.05) is 18.5 Å². The molecule has 8 nitrogen and oxygen atoms in total. The number of nitrogens with one attached hydrogen (secondary N) is 2. The number of ether oxygens (including phenoxy) is 1. The molecule has 0 saturated carbocycles. The molecule has 2 aromatic carbocycles. The minimum atomic E-state index is -0.537. The van der Waals surface area contributed by atoms with E-state index in [0.29, 0.717) is 11.3 Å². The third-order valence-corrected chi connectivity index (χ3v) is 3.13. The first-order valence-corrected chi connectivity index (χ1v) is 7.55. The fourth-order valence-corrected chi connectivity index (χ4v) is 1.95. The molecule has 2 N–H and O–H groups in total. The fourth-order valence-electron chi connectivity index (χ4n) is 1.95. The molecule has 0 saturated heterocycles. The zero-order chi connectivity index (χ0) is 18.8. The Morgan fingerprint density at radius 2 is 2.08 bits per heavy atom. The molecule has 0 bridgehead atoms. The van der Waals surface area contributed by atoms with Crippen LogP contribution < -0.4 is 15.5 Å². The monoisotopic (exact) mass is 352 g/mol. The molecule has 26 heavy (non-hydrogen) atoms. The first-order chi connectivity index (χ1) is 12.6. The number of carbonyl (C=O) groups is 1. The number of terminal acetylenes is 1. The SMILES string of the molecule is C#CCOc1ccc([N+](=O)[O-])cc1/C=N\NC(=O)CNc1ccccc1. The van der Waals surface area contributed by atoms with Crippen LogP contribution in [-0.2, 0) is 4.79 Å². The second kappa shape index (κ2) is 9.44. The summed E-state index contributed by atoms with van der Waals surface area (Å²) in [5.41, 5.74) is 3.33. The van der Waals surface area contributed by atoms with Crippen LogP contribution in [0, 0.1) is 22.5 Å². The first kappa shape index (κ1) is 18.5. The Labute approximate surface area is 150 Å². The van der Waals surface area contributed by atoms with Crippen molar-refractivity contribution in [2.45, 2.75) is 0 Å². The number of para-hydroxylation sites is 1. The Bertz CT molecular complexity index is 844. The van der Waals surface area contributed by atoms with Gasteiger partial charge in [-0.3, -0.25) is 14.9 Å². The van der Waals surface area contributed by atoms with Gasteiger partial charge in [0.25, 0.3) is 11.6 Å². The first-order valence-electron chi connectivity index (χ1n) is 7.55. The third kappa shape index (κ3) is 5.65. The van der Waals surface area contributed by atoms with Gasteiger partial charge in [0.15, 0.2) is 0 Å². The molecule has 132 valence electrons. The number of hydrazone groups is 1. The van der Waals surface area contributed by atoms with Crippen molar-refractivity contribution in [1.29, 1.82) is 0 Å². The van der Waals surface area contributed by atoms with Crippen molar-refractivity contribution in [3.63, 3.8) is 0 Å². The van der Waals surface area contributed by atoms with E-state index in [2.05, 4.69) is 21.8 Å². The zero-order valence-electron chi connectivity index (χ0n) is 13.7. The second-order valence-corrected chi connectivity index (χ2v) is 4.98. The summed E-state index contributed by atoms with van der Waals surface area (Å²) < 4.78 is 5.31. The van der Waals surface area contributed by atoms with E-state index < -0.39 is 4.92 Å². The zero-order valence-corrected chi connectivity index (χ0v) is 13.7. The molecule has 0 spiro atoms. The predicted molar refractivity (Wildman–Crippen MR) is 98.1 cm³/mol. The molecule has 0 atom stereocenters. The van der Waals surface area contributed by atoms with Crippen molar-refractivity contribution < 1.29 is 14.5 Å². The Hall–Kier alpha value is -3.86. The van der Waals surface area contributed by atoms with Crippen molar-refractivity contribution in [2.24, 2.45) is 5.10 Å². The highest BCUT2D eigenvalue weighted by Crippen LogP contribution is 2.22. The smallest absolute Gasteiger partial charge is 0.270 e. The maximum absolute atomic E-state index is 11.8. The van der Waals surface area contributed by atoms with Crippen LogP contribution in [0.2, 0.25) is 0 Å². The molecule has 0 aliphatic rings. The number of benzene rings is 2. The number of nitro groups is 1. The van der Waals surface area contributed by atoms with Crippen molar-refractivity contribution in [1.82, 2.24) is 5.43 Å². The number of rotatable bonds is 8. The van der Waals surface area contributed by atoms with Crippen LogP contribution in [0.15, 0.2) is 53.6 Å². The van der Waals surface area contributed by atoms with Crippen molar-refractivity contribution >= 4 is 23.5 Å². The average Bonchev–Trinajstić information content (AvgIpc) is 2.66. The van der Waals surface area contributed by atoms with Crippen LogP contribution in [-0.4, -0.2) is 30.2 Å². The van der Waals surface area contributed by atoms with Gasteiger partial charge in [-0.1, -0.05) is 24.1 Å². The number of non-ortho nitro benzene ring substituents is 1. The van der Waals surface area contributed by atoms with Gasteiger partial charge >= 0.3 is 0 Å². The Morgan fingerprint density at radius 3 is 2.77 bits per heavy atom. The van der Waals surface area contributed by atoms with E-state index >= 15 is 0 Å². The Morgan fingerprint density at radius 1 is 1.31 bits per heavy atom. The highest BCUT2D eigenvalue weighted by Gasteiger charge is 2.10. The largest absolute Gasteiger partial charge is 0.480 e. The predicted octanol–water partition coefficient (Wildman–Crippen LogP) is 2.17. The molecule has 0 radical (unpaired) electrons. The number of carbonyl (C=O) groups excluding carboxylic acids is 1. The van der Waals surface area contributed by atoms with E-state index in [4.69, 9.17) is 11.2 Å². The molecular formula is C18H16N4O4. The van der Waals surface area contributed by atoms with E-state index in [1.807, 2.05) is 30.3 Å². The lowest BCUT2D eigenvalue weighted by atomic mass is 10.2. The van der Waals surface area contributed by atoms with Crippen molar-refractivity contribution in [3.05, 3.63) is 64.2 Å². The summed E-state index contributed by atoms with van der Waals surface area (Å²) in [6.45, 7) is 0.0305. The van der Waals surface area contributed by atoms with E-state index in [9.17, 15) is 14.9 Å². The molecular weight excluding hydrogens is 336 g/mol. The van der Waals surface area contributed by atoms with Crippen LogP contribution in [0.3, 0.4) is 0 Å². The number of nitro benzene ring substituents is 1. The lowest BCUT2D eigenvalue weighted by Gasteiger charge is -2.06. The summed E-state index contributed by atoms with van der Waals surface area (Å²) in [6.07, 6.45) is 6.41. The van der Waals surface area contributed by atoms with Gasteiger partial charge in [-0.05, 0) is 18.2 Å². The number of amides is 1. The molecule has 2 rings (SSSR count). The summed E-state index contributed by atoms with van der Waals surface area (Å²) in [6, 6.07) is 13.2. The van der Waals surface area contributed by atoms with Gasteiger partial charge in [-0.15, -0.1) is 6.42 Å². The number of hydrogen-bond acceptors (Lipinski definition) is 6. The standard InChI is InChI=1S/C18H16N4O4/c1-2-10-26-17-9-8-16(22(24)25)11-14(17)12-20-21-18(23)13-19-15-6-4-3-5-7-15/h1,3-9,11-12,19H,10,13H2,(H,21,23)/b20-12-. The molecule has 0 unspecified atom stereocenters. The maximum atomic E-state index is 11.8. The van der Waals surface area contributed by atoms with Crippen LogP contribution >= 0.6 is 0 Å². The topological polar surface area (TPSA) is 106 Å². The third-order valence-electron chi connectivity index (χ3n) is 3.13. The fraction of sp³-hybridized carbons (Fsp3) is 0.111. The molecule has 8 heteroatoms. The lowest BCUT2D eigenvalue weighted by molar-refractivity contribution is -0.384. The van der Waals surface area contributed by atoms with Crippen LogP contribution in [0.4, 0.5) is 11.4 Å². The highest BCUT2D eigenvalue weighted by atomic mass is 16.6. The summed E-state index contributed by atoms with van der Waals surface area (Å²) in [7, 11) is 0. The van der Waals surface area contributed by atoms with Gasteiger partial charge in [0.05, 0.1) is 17.7 Å². The van der Waals surface area contributed by atoms with Crippen LogP contribution in [0.5, 0.6) is 5.75 Å². The second-order valence-electron chi connectivity index (χ2n) is 4.98. The molecule has 0 heterocycles. The van der Waals surface area contributed by atoms with Crippen LogP contribution in [0.1, 0.15) is 5.56 Å². The summed E-state index contributed by atoms with van der Waals surface area (Å²) >= 11 is 0. The summed E-state index contributed by atoms with van der Waals surface area (Å²) in [5, 5.41) is 17.6. The molecule has 0 fully saturated rings. The Kier molecular flexibility index (Phi) is 6.71. The molecule has 2 aromatic rings. The minimum absolute atomic E-state index is 0.00596. The molecule has 0 aromatic heterocycles. The normalized spacial score (nSPS) is 10.1. The molecule has 0 aliphatic heterocycles.